The molecule has 0 spiro atoms. The van der Waals surface area contributed by atoms with E-state index in [1.165, 1.54) is 0 Å². The number of primary amides is 1. The van der Waals surface area contributed by atoms with Gasteiger partial charge in [0.25, 0.3) is 0 Å². The van der Waals surface area contributed by atoms with Crippen molar-refractivity contribution in [1.82, 2.24) is 16.0 Å². The van der Waals surface area contributed by atoms with E-state index in [0.717, 1.165) is 0 Å². The molecule has 0 fully saturated rings. The summed E-state index contributed by atoms with van der Waals surface area (Å²) in [6.45, 7) is 7.26. The zero-order valence-corrected chi connectivity index (χ0v) is 20.0. The second kappa shape index (κ2) is 14.7. The number of aliphatic carboxylic acids is 1. The molecule has 0 saturated carbocycles. The van der Waals surface area contributed by atoms with Crippen LogP contribution >= 0.6 is 12.6 Å². The SMILES string of the molecule is CCC(C)C(NC(=O)C(CCC(N)=O)NC(=O)C(CS)NC(=O)C(N)CC(C)C)C(=O)O. The van der Waals surface area contributed by atoms with Crippen LogP contribution in [0.4, 0.5) is 0 Å². The van der Waals surface area contributed by atoms with Gasteiger partial charge in [-0.25, -0.2) is 4.79 Å². The summed E-state index contributed by atoms with van der Waals surface area (Å²) in [7, 11) is 0. The first-order valence-electron chi connectivity index (χ1n) is 10.6. The third-order valence-corrected chi connectivity index (χ3v) is 5.33. The van der Waals surface area contributed by atoms with E-state index in [-0.39, 0.29) is 30.4 Å². The fourth-order valence-corrected chi connectivity index (χ4v) is 3.11. The largest absolute Gasteiger partial charge is 0.480 e. The van der Waals surface area contributed by atoms with E-state index in [1.807, 2.05) is 13.8 Å². The van der Waals surface area contributed by atoms with Gasteiger partial charge in [0.05, 0.1) is 6.04 Å². The molecule has 12 heteroatoms. The Morgan fingerprint density at radius 3 is 1.91 bits per heavy atom. The number of nitrogens with two attached hydrogens (primary N) is 2. The van der Waals surface area contributed by atoms with Crippen molar-refractivity contribution in [3.63, 3.8) is 0 Å². The van der Waals surface area contributed by atoms with Gasteiger partial charge in [-0.2, -0.15) is 12.6 Å². The minimum atomic E-state index is -1.23. The van der Waals surface area contributed by atoms with E-state index < -0.39 is 53.8 Å². The normalized spacial score (nSPS) is 15.7. The summed E-state index contributed by atoms with van der Waals surface area (Å²) < 4.78 is 0. The fourth-order valence-electron chi connectivity index (χ4n) is 2.85. The molecule has 0 heterocycles. The number of nitrogens with one attached hydrogen (secondary N) is 3. The van der Waals surface area contributed by atoms with Crippen LogP contribution in [0, 0.1) is 11.8 Å². The maximum atomic E-state index is 12.7. The summed E-state index contributed by atoms with van der Waals surface area (Å²) in [6.07, 6.45) is 0.568. The lowest BCUT2D eigenvalue weighted by Crippen LogP contribution is -2.58. The topological polar surface area (TPSA) is 194 Å². The molecule has 0 aromatic heterocycles. The molecule has 0 bridgehead atoms. The quantitative estimate of drug-likeness (QED) is 0.150. The zero-order chi connectivity index (χ0) is 25.0. The van der Waals surface area contributed by atoms with Crippen LogP contribution < -0.4 is 27.4 Å². The Morgan fingerprint density at radius 2 is 1.47 bits per heavy atom. The van der Waals surface area contributed by atoms with Crippen molar-refractivity contribution in [3.05, 3.63) is 0 Å². The van der Waals surface area contributed by atoms with Crippen LogP contribution in [-0.4, -0.2) is 64.6 Å². The summed E-state index contributed by atoms with van der Waals surface area (Å²) in [4.78, 5) is 60.4. The Labute approximate surface area is 194 Å². The van der Waals surface area contributed by atoms with Crippen LogP contribution in [0.25, 0.3) is 0 Å². The van der Waals surface area contributed by atoms with Crippen LogP contribution in [0.2, 0.25) is 0 Å². The lowest BCUT2D eigenvalue weighted by molar-refractivity contribution is -0.144. The van der Waals surface area contributed by atoms with Crippen molar-refractivity contribution in [2.75, 3.05) is 5.75 Å². The van der Waals surface area contributed by atoms with E-state index >= 15 is 0 Å². The molecule has 5 atom stereocenters. The molecule has 5 unspecified atom stereocenters. The fraction of sp³-hybridized carbons (Fsp3) is 0.750. The number of carbonyl (C=O) groups is 5. The van der Waals surface area contributed by atoms with Gasteiger partial charge in [-0.1, -0.05) is 34.1 Å². The first-order chi connectivity index (χ1) is 14.8. The summed E-state index contributed by atoms with van der Waals surface area (Å²) in [5.41, 5.74) is 11.0. The third-order valence-electron chi connectivity index (χ3n) is 4.97. The highest BCUT2D eigenvalue weighted by Gasteiger charge is 2.31. The van der Waals surface area contributed by atoms with Crippen LogP contribution in [-0.2, 0) is 24.0 Å². The predicted molar refractivity (Wildman–Crippen MR) is 123 cm³/mol. The van der Waals surface area contributed by atoms with Gasteiger partial charge in [-0.3, -0.25) is 19.2 Å². The highest BCUT2D eigenvalue weighted by Crippen LogP contribution is 2.09. The van der Waals surface area contributed by atoms with E-state index in [0.29, 0.717) is 12.8 Å². The lowest BCUT2D eigenvalue weighted by Gasteiger charge is -2.26. The molecule has 32 heavy (non-hydrogen) atoms. The van der Waals surface area contributed by atoms with E-state index in [2.05, 4.69) is 28.6 Å². The zero-order valence-electron chi connectivity index (χ0n) is 19.1. The molecule has 8 N–H and O–H groups in total. The molecule has 0 saturated heterocycles. The van der Waals surface area contributed by atoms with Gasteiger partial charge in [0.2, 0.25) is 23.6 Å². The van der Waals surface area contributed by atoms with Gasteiger partial charge in [-0.05, 0) is 24.7 Å². The summed E-state index contributed by atoms with van der Waals surface area (Å²) in [5.74, 6) is -4.18. The van der Waals surface area contributed by atoms with E-state index in [1.54, 1.807) is 13.8 Å². The number of hydrogen-bond donors (Lipinski definition) is 7. The van der Waals surface area contributed by atoms with Crippen molar-refractivity contribution in [2.45, 2.75) is 77.5 Å². The molecule has 11 nitrogen and oxygen atoms in total. The lowest BCUT2D eigenvalue weighted by atomic mass is 9.98. The molecule has 0 aromatic carbocycles. The predicted octanol–water partition coefficient (Wildman–Crippen LogP) is -0.860. The van der Waals surface area contributed by atoms with Crippen molar-refractivity contribution >= 4 is 42.2 Å². The number of rotatable bonds is 15. The molecule has 0 radical (unpaired) electrons. The average molecular weight is 476 g/mol. The van der Waals surface area contributed by atoms with Gasteiger partial charge < -0.3 is 32.5 Å². The van der Waals surface area contributed by atoms with Gasteiger partial charge in [0.15, 0.2) is 0 Å². The van der Waals surface area contributed by atoms with Crippen molar-refractivity contribution in [3.8, 4) is 0 Å². The van der Waals surface area contributed by atoms with Crippen LogP contribution in [0.5, 0.6) is 0 Å². The molecule has 0 aliphatic heterocycles. The molecule has 184 valence electrons. The molecule has 0 aliphatic rings. The maximum Gasteiger partial charge on any atom is 0.326 e. The number of carboxylic acid groups (broad SMARTS) is 1. The number of thiol groups is 1. The highest BCUT2D eigenvalue weighted by molar-refractivity contribution is 7.80. The van der Waals surface area contributed by atoms with Gasteiger partial charge in [0.1, 0.15) is 18.1 Å². The second-order valence-electron chi connectivity index (χ2n) is 8.26. The Balaban J connectivity index is 5.37. The molecular formula is C20H37N5O6S. The van der Waals surface area contributed by atoms with Crippen LogP contribution in [0.3, 0.4) is 0 Å². The molecule has 4 amide bonds. The number of hydrogen-bond acceptors (Lipinski definition) is 7. The first kappa shape index (κ1) is 29.7. The molecular weight excluding hydrogens is 438 g/mol. The summed E-state index contributed by atoms with van der Waals surface area (Å²) in [6, 6.07) is -4.30. The van der Waals surface area contributed by atoms with Crippen LogP contribution in [0.15, 0.2) is 0 Å². The van der Waals surface area contributed by atoms with Crippen molar-refractivity contribution in [1.29, 1.82) is 0 Å². The average Bonchev–Trinajstić information content (AvgIpc) is 2.70. The van der Waals surface area contributed by atoms with Crippen LogP contribution in [0.1, 0.15) is 53.4 Å². The molecule has 0 rings (SSSR count). The molecule has 0 aliphatic carbocycles. The van der Waals surface area contributed by atoms with Gasteiger partial charge in [0, 0.05) is 12.2 Å². The third kappa shape index (κ3) is 10.8. The molecule has 0 aromatic rings. The summed E-state index contributed by atoms with van der Waals surface area (Å²) >= 11 is 4.08. The number of amides is 4. The van der Waals surface area contributed by atoms with Gasteiger partial charge >= 0.3 is 5.97 Å². The number of carboxylic acids is 1. The Kier molecular flexibility index (Phi) is 13.6. The summed E-state index contributed by atoms with van der Waals surface area (Å²) in [5, 5.41) is 16.8. The van der Waals surface area contributed by atoms with Crippen molar-refractivity contribution < 1.29 is 29.1 Å². The van der Waals surface area contributed by atoms with Gasteiger partial charge in [-0.15, -0.1) is 0 Å². The highest BCUT2D eigenvalue weighted by atomic mass is 32.1. The van der Waals surface area contributed by atoms with E-state index in [9.17, 15) is 29.1 Å². The second-order valence-corrected chi connectivity index (χ2v) is 8.62. The first-order valence-corrected chi connectivity index (χ1v) is 11.3. The van der Waals surface area contributed by atoms with Crippen molar-refractivity contribution in [2.24, 2.45) is 23.3 Å². The number of carbonyl (C=O) groups excluding carboxylic acids is 4. The minimum Gasteiger partial charge on any atom is -0.480 e. The van der Waals surface area contributed by atoms with E-state index in [4.69, 9.17) is 11.5 Å². The Hall–Kier alpha value is -2.34. The standard InChI is InChI=1S/C20H37N5O6S/c1-5-11(4)16(20(30)31)25-18(28)13(6-7-15(22)26)23-19(29)14(9-32)24-17(27)12(21)8-10(2)3/h10-14,16,32H,5-9,21H2,1-4H3,(H2,22,26)(H,23,29)(H,24,27)(H,25,28)(H,30,31). The smallest absolute Gasteiger partial charge is 0.326 e. The monoisotopic (exact) mass is 475 g/mol. The minimum absolute atomic E-state index is 0.0687. The Morgan fingerprint density at radius 1 is 0.938 bits per heavy atom. The maximum absolute atomic E-state index is 12.7. The Bertz CT molecular complexity index is 675.